The van der Waals surface area contributed by atoms with Gasteiger partial charge in [-0.3, -0.25) is 4.31 Å². The first kappa shape index (κ1) is 12.9. The zero-order chi connectivity index (χ0) is 14.3. The lowest BCUT2D eigenvalue weighted by molar-refractivity contribution is 0.0698. The summed E-state index contributed by atoms with van der Waals surface area (Å²) in [5.41, 5.74) is 0.280. The van der Waals surface area contributed by atoms with Gasteiger partial charge < -0.3 is 5.11 Å². The van der Waals surface area contributed by atoms with Gasteiger partial charge in [0, 0.05) is 6.54 Å². The van der Waals surface area contributed by atoms with Gasteiger partial charge in [-0.05, 0) is 29.3 Å². The second-order valence-electron chi connectivity index (χ2n) is 4.76. The molecule has 6 heteroatoms. The van der Waals surface area contributed by atoms with E-state index in [1.807, 2.05) is 24.3 Å². The first-order chi connectivity index (χ1) is 9.49. The van der Waals surface area contributed by atoms with Gasteiger partial charge in [0.15, 0.2) is 0 Å². The lowest BCUT2D eigenvalue weighted by Gasteiger charge is -2.19. The molecule has 0 unspecified atom stereocenters. The van der Waals surface area contributed by atoms with E-state index in [4.69, 9.17) is 0 Å². The van der Waals surface area contributed by atoms with Gasteiger partial charge in [-0.15, -0.1) is 0 Å². The van der Waals surface area contributed by atoms with E-state index in [9.17, 15) is 18.3 Å². The van der Waals surface area contributed by atoms with Crippen LogP contribution in [0, 0.1) is 0 Å². The van der Waals surface area contributed by atoms with E-state index < -0.39 is 16.0 Å². The molecule has 0 amide bonds. The quantitative estimate of drug-likeness (QED) is 0.919. The molecule has 0 atom stereocenters. The molecule has 1 aliphatic rings. The maximum Gasteiger partial charge on any atom is 0.337 e. The highest BCUT2D eigenvalue weighted by Gasteiger charge is 2.31. The Morgan fingerprint density at radius 2 is 1.80 bits per heavy atom. The predicted molar refractivity (Wildman–Crippen MR) is 76.7 cm³/mol. The minimum Gasteiger partial charge on any atom is -0.478 e. The molecule has 2 aromatic rings. The van der Waals surface area contributed by atoms with Crippen LogP contribution in [0.4, 0.5) is 5.69 Å². The SMILES string of the molecule is O=C(O)c1cc2ccccc2cc1N1CCCS1(=O)=O. The van der Waals surface area contributed by atoms with Crippen LogP contribution in [-0.4, -0.2) is 31.8 Å². The molecule has 0 radical (unpaired) electrons. The fourth-order valence-electron chi connectivity index (χ4n) is 2.52. The number of benzene rings is 2. The summed E-state index contributed by atoms with van der Waals surface area (Å²) in [6.45, 7) is 0.334. The number of nitrogens with zero attached hydrogens (tertiary/aromatic N) is 1. The number of carboxylic acid groups (broad SMARTS) is 1. The predicted octanol–water partition coefficient (Wildman–Crippen LogP) is 2.08. The number of hydrogen-bond donors (Lipinski definition) is 1. The molecule has 2 aromatic carbocycles. The van der Waals surface area contributed by atoms with Crippen LogP contribution in [0.25, 0.3) is 10.8 Å². The van der Waals surface area contributed by atoms with Crippen molar-refractivity contribution in [1.82, 2.24) is 0 Å². The van der Waals surface area contributed by atoms with Crippen molar-refractivity contribution >= 4 is 32.5 Å². The highest BCUT2D eigenvalue weighted by Crippen LogP contribution is 2.31. The second kappa shape index (κ2) is 4.49. The fourth-order valence-corrected chi connectivity index (χ4v) is 4.09. The summed E-state index contributed by atoms with van der Waals surface area (Å²) in [5.74, 6) is -1.05. The molecule has 0 aromatic heterocycles. The molecule has 1 heterocycles. The monoisotopic (exact) mass is 291 g/mol. The summed E-state index contributed by atoms with van der Waals surface area (Å²) in [6.07, 6.45) is 0.522. The number of rotatable bonds is 2. The van der Waals surface area contributed by atoms with Crippen LogP contribution in [0.2, 0.25) is 0 Å². The third-order valence-electron chi connectivity index (χ3n) is 3.46. The van der Waals surface area contributed by atoms with Crippen molar-refractivity contribution in [1.29, 1.82) is 0 Å². The zero-order valence-corrected chi connectivity index (χ0v) is 11.4. The Labute approximate surface area is 116 Å². The first-order valence-electron chi connectivity index (χ1n) is 6.25. The molecule has 0 bridgehead atoms. The summed E-state index contributed by atoms with van der Waals surface area (Å²) in [7, 11) is -3.39. The van der Waals surface area contributed by atoms with Gasteiger partial charge in [-0.1, -0.05) is 24.3 Å². The number of aromatic carboxylic acids is 1. The van der Waals surface area contributed by atoms with Crippen molar-refractivity contribution < 1.29 is 18.3 Å². The second-order valence-corrected chi connectivity index (χ2v) is 6.78. The molecule has 5 nitrogen and oxygen atoms in total. The van der Waals surface area contributed by atoms with Crippen LogP contribution >= 0.6 is 0 Å². The molecule has 104 valence electrons. The van der Waals surface area contributed by atoms with E-state index >= 15 is 0 Å². The van der Waals surface area contributed by atoms with Gasteiger partial charge in [0.05, 0.1) is 17.0 Å². The molecule has 0 aliphatic carbocycles. The molecule has 1 saturated heterocycles. The zero-order valence-electron chi connectivity index (χ0n) is 10.6. The molecule has 0 saturated carbocycles. The first-order valence-corrected chi connectivity index (χ1v) is 7.86. The summed E-state index contributed by atoms with van der Waals surface area (Å²) >= 11 is 0. The fraction of sp³-hybridized carbons (Fsp3) is 0.214. The van der Waals surface area contributed by atoms with Crippen LogP contribution in [0.15, 0.2) is 36.4 Å². The van der Waals surface area contributed by atoms with Gasteiger partial charge in [-0.25, -0.2) is 13.2 Å². The van der Waals surface area contributed by atoms with E-state index in [1.165, 1.54) is 10.4 Å². The van der Waals surface area contributed by atoms with Gasteiger partial charge >= 0.3 is 5.97 Å². The van der Waals surface area contributed by atoms with E-state index in [1.54, 1.807) is 6.07 Å². The Balaban J connectivity index is 2.28. The number of hydrogen-bond acceptors (Lipinski definition) is 3. The van der Waals surface area contributed by atoms with E-state index in [0.717, 1.165) is 10.8 Å². The van der Waals surface area contributed by atoms with Gasteiger partial charge in [-0.2, -0.15) is 0 Å². The topological polar surface area (TPSA) is 74.7 Å². The van der Waals surface area contributed by atoms with Gasteiger partial charge in [0.25, 0.3) is 0 Å². The van der Waals surface area contributed by atoms with Crippen molar-refractivity contribution in [2.75, 3.05) is 16.6 Å². The van der Waals surface area contributed by atoms with E-state index in [2.05, 4.69) is 0 Å². The Hall–Kier alpha value is -2.08. The number of carboxylic acids is 1. The van der Waals surface area contributed by atoms with E-state index in [0.29, 0.717) is 13.0 Å². The van der Waals surface area contributed by atoms with Gasteiger partial charge in [0.2, 0.25) is 10.0 Å². The minimum atomic E-state index is -3.39. The Morgan fingerprint density at radius 1 is 1.15 bits per heavy atom. The molecule has 1 fully saturated rings. The minimum absolute atomic E-state index is 0.0224. The van der Waals surface area contributed by atoms with Crippen LogP contribution in [-0.2, 0) is 10.0 Å². The average molecular weight is 291 g/mol. The number of carbonyl (C=O) groups is 1. The van der Waals surface area contributed by atoms with Crippen LogP contribution in [0.5, 0.6) is 0 Å². The molecular formula is C14H13NO4S. The Morgan fingerprint density at radius 3 is 2.35 bits per heavy atom. The lowest BCUT2D eigenvalue weighted by atomic mass is 10.0. The maximum atomic E-state index is 12.0. The average Bonchev–Trinajstić information content (AvgIpc) is 2.76. The molecule has 1 aliphatic heterocycles. The maximum absolute atomic E-state index is 12.0. The summed E-state index contributed by atoms with van der Waals surface area (Å²) in [6, 6.07) is 10.5. The smallest absolute Gasteiger partial charge is 0.337 e. The largest absolute Gasteiger partial charge is 0.478 e. The third-order valence-corrected chi connectivity index (χ3v) is 5.32. The molecule has 20 heavy (non-hydrogen) atoms. The summed E-state index contributed by atoms with van der Waals surface area (Å²) < 4.78 is 25.2. The highest BCUT2D eigenvalue weighted by atomic mass is 32.2. The molecule has 0 spiro atoms. The van der Waals surface area contributed by atoms with Crippen LogP contribution in [0.3, 0.4) is 0 Å². The van der Waals surface area contributed by atoms with Crippen molar-refractivity contribution in [3.05, 3.63) is 42.0 Å². The molecular weight excluding hydrogens is 278 g/mol. The Bertz CT molecular complexity index is 798. The van der Waals surface area contributed by atoms with Crippen LogP contribution in [0.1, 0.15) is 16.8 Å². The number of anilines is 1. The number of sulfonamides is 1. The standard InChI is InChI=1S/C14H13NO4S/c16-14(17)12-8-10-4-1-2-5-11(10)9-13(12)15-6-3-7-20(15,18)19/h1-2,4-5,8-9H,3,6-7H2,(H,16,17). The Kier molecular flexibility index (Phi) is 2.90. The molecule has 3 rings (SSSR count). The van der Waals surface area contributed by atoms with Crippen molar-refractivity contribution in [2.24, 2.45) is 0 Å². The van der Waals surface area contributed by atoms with Crippen molar-refractivity contribution in [3.63, 3.8) is 0 Å². The summed E-state index contributed by atoms with van der Waals surface area (Å²) in [5, 5.41) is 10.9. The van der Waals surface area contributed by atoms with Crippen LogP contribution < -0.4 is 4.31 Å². The lowest BCUT2D eigenvalue weighted by Crippen LogP contribution is -2.27. The third kappa shape index (κ3) is 2.02. The van der Waals surface area contributed by atoms with Gasteiger partial charge in [0.1, 0.15) is 0 Å². The van der Waals surface area contributed by atoms with Crippen molar-refractivity contribution in [2.45, 2.75) is 6.42 Å². The van der Waals surface area contributed by atoms with Crippen molar-refractivity contribution in [3.8, 4) is 0 Å². The van der Waals surface area contributed by atoms with E-state index in [-0.39, 0.29) is 17.0 Å². The molecule has 1 N–H and O–H groups in total. The highest BCUT2D eigenvalue weighted by molar-refractivity contribution is 7.93. The summed E-state index contributed by atoms with van der Waals surface area (Å²) in [4.78, 5) is 11.4. The normalized spacial score (nSPS) is 17.5. The number of fused-ring (bicyclic) bond motifs is 1.